The molecule has 0 saturated carbocycles. The van der Waals surface area contributed by atoms with E-state index in [4.69, 9.17) is 14.2 Å². The van der Waals surface area contributed by atoms with Crippen molar-refractivity contribution in [2.45, 2.75) is 27.3 Å². The minimum atomic E-state index is -0.190. The maximum absolute atomic E-state index is 12.1. The quantitative estimate of drug-likeness (QED) is 0.838. The normalized spacial score (nSPS) is 10.3. The molecule has 1 amide bonds. The highest BCUT2D eigenvalue weighted by atomic mass is 16.5. The molecule has 0 aromatic heterocycles. The molecular formula is C20H25NO4. The van der Waals surface area contributed by atoms with Gasteiger partial charge in [0.1, 0.15) is 5.75 Å². The maximum atomic E-state index is 12.1. The Morgan fingerprint density at radius 2 is 1.68 bits per heavy atom. The van der Waals surface area contributed by atoms with Gasteiger partial charge in [-0.2, -0.15) is 0 Å². The van der Waals surface area contributed by atoms with Crippen LogP contribution in [0, 0.1) is 20.8 Å². The number of carbonyl (C=O) groups is 1. The number of amides is 1. The Morgan fingerprint density at radius 1 is 0.960 bits per heavy atom. The molecule has 0 bridgehead atoms. The van der Waals surface area contributed by atoms with Gasteiger partial charge in [-0.3, -0.25) is 4.79 Å². The zero-order valence-corrected chi connectivity index (χ0v) is 15.4. The third-order valence-electron chi connectivity index (χ3n) is 4.18. The number of methoxy groups -OCH3 is 2. The number of rotatable bonds is 7. The first-order chi connectivity index (χ1) is 12.0. The van der Waals surface area contributed by atoms with Crippen LogP contribution in [0.3, 0.4) is 0 Å². The van der Waals surface area contributed by atoms with Crippen molar-refractivity contribution in [3.8, 4) is 17.2 Å². The number of hydrogen-bond acceptors (Lipinski definition) is 4. The lowest BCUT2D eigenvalue weighted by Crippen LogP contribution is -2.28. The molecular weight excluding hydrogens is 318 g/mol. The molecule has 0 unspecified atom stereocenters. The van der Waals surface area contributed by atoms with Gasteiger partial charge in [0.2, 0.25) is 0 Å². The molecule has 0 aliphatic carbocycles. The van der Waals surface area contributed by atoms with Crippen LogP contribution in [0.2, 0.25) is 0 Å². The first kappa shape index (κ1) is 18.6. The lowest BCUT2D eigenvalue weighted by atomic mass is 10.1. The van der Waals surface area contributed by atoms with E-state index in [9.17, 15) is 4.79 Å². The van der Waals surface area contributed by atoms with Gasteiger partial charge in [0.15, 0.2) is 18.1 Å². The van der Waals surface area contributed by atoms with E-state index in [0.717, 1.165) is 28.0 Å². The van der Waals surface area contributed by atoms with E-state index in [2.05, 4.69) is 5.32 Å². The van der Waals surface area contributed by atoms with Gasteiger partial charge >= 0.3 is 0 Å². The van der Waals surface area contributed by atoms with Gasteiger partial charge < -0.3 is 19.5 Å². The zero-order valence-electron chi connectivity index (χ0n) is 15.4. The number of ether oxygens (including phenoxy) is 3. The van der Waals surface area contributed by atoms with Gasteiger partial charge in [0, 0.05) is 12.1 Å². The van der Waals surface area contributed by atoms with E-state index in [1.54, 1.807) is 14.2 Å². The van der Waals surface area contributed by atoms with Crippen molar-refractivity contribution in [3.63, 3.8) is 0 Å². The average Bonchev–Trinajstić information content (AvgIpc) is 2.62. The molecule has 2 aromatic carbocycles. The first-order valence-corrected chi connectivity index (χ1v) is 8.14. The maximum Gasteiger partial charge on any atom is 0.258 e. The predicted molar refractivity (Wildman–Crippen MR) is 97.5 cm³/mol. The second kappa shape index (κ2) is 8.42. The minimum Gasteiger partial charge on any atom is -0.493 e. The Hall–Kier alpha value is -2.69. The van der Waals surface area contributed by atoms with Gasteiger partial charge in [-0.1, -0.05) is 24.3 Å². The summed E-state index contributed by atoms with van der Waals surface area (Å²) in [4.78, 5) is 12.1. The third kappa shape index (κ3) is 4.44. The van der Waals surface area contributed by atoms with Gasteiger partial charge in [0.25, 0.3) is 5.91 Å². The molecule has 134 valence electrons. The molecule has 25 heavy (non-hydrogen) atoms. The van der Waals surface area contributed by atoms with Crippen LogP contribution in [-0.4, -0.2) is 26.7 Å². The van der Waals surface area contributed by atoms with Crippen LogP contribution in [0.1, 0.15) is 22.3 Å². The van der Waals surface area contributed by atoms with E-state index in [1.807, 2.05) is 51.1 Å². The van der Waals surface area contributed by atoms with E-state index >= 15 is 0 Å². The molecule has 2 aromatic rings. The fraction of sp³-hybridized carbons (Fsp3) is 0.350. The molecule has 0 aliphatic heterocycles. The van der Waals surface area contributed by atoms with Crippen molar-refractivity contribution in [3.05, 3.63) is 52.6 Å². The van der Waals surface area contributed by atoms with Crippen molar-refractivity contribution in [1.29, 1.82) is 0 Å². The smallest absolute Gasteiger partial charge is 0.258 e. The molecule has 0 fully saturated rings. The molecule has 0 saturated heterocycles. The van der Waals surface area contributed by atoms with Crippen LogP contribution in [0.4, 0.5) is 0 Å². The highest BCUT2D eigenvalue weighted by molar-refractivity contribution is 5.77. The van der Waals surface area contributed by atoms with Gasteiger partial charge in [0.05, 0.1) is 14.2 Å². The molecule has 0 atom stereocenters. The summed E-state index contributed by atoms with van der Waals surface area (Å²) in [5, 5.41) is 2.85. The van der Waals surface area contributed by atoms with Gasteiger partial charge in [-0.25, -0.2) is 0 Å². The van der Waals surface area contributed by atoms with Gasteiger partial charge in [-0.05, 0) is 43.5 Å². The third-order valence-corrected chi connectivity index (χ3v) is 4.18. The lowest BCUT2D eigenvalue weighted by molar-refractivity contribution is -0.123. The van der Waals surface area contributed by atoms with Crippen molar-refractivity contribution < 1.29 is 19.0 Å². The molecule has 0 spiro atoms. The number of carbonyl (C=O) groups excluding carboxylic acids is 1. The van der Waals surface area contributed by atoms with Crippen molar-refractivity contribution in [2.75, 3.05) is 20.8 Å². The van der Waals surface area contributed by atoms with Crippen LogP contribution in [0.15, 0.2) is 30.3 Å². The summed E-state index contributed by atoms with van der Waals surface area (Å²) < 4.78 is 16.4. The van der Waals surface area contributed by atoms with E-state index < -0.39 is 0 Å². The van der Waals surface area contributed by atoms with E-state index in [0.29, 0.717) is 18.0 Å². The topological polar surface area (TPSA) is 56.8 Å². The van der Waals surface area contributed by atoms with Crippen LogP contribution in [0.25, 0.3) is 0 Å². The van der Waals surface area contributed by atoms with Gasteiger partial charge in [-0.15, -0.1) is 0 Å². The highest BCUT2D eigenvalue weighted by Gasteiger charge is 2.12. The van der Waals surface area contributed by atoms with Crippen LogP contribution in [-0.2, 0) is 11.3 Å². The van der Waals surface area contributed by atoms with E-state index in [1.165, 1.54) is 0 Å². The highest BCUT2D eigenvalue weighted by Crippen LogP contribution is 2.30. The lowest BCUT2D eigenvalue weighted by Gasteiger charge is -2.15. The predicted octanol–water partition coefficient (Wildman–Crippen LogP) is 3.32. The second-order valence-corrected chi connectivity index (χ2v) is 5.87. The standard InChI is InChI=1S/C20H25NO4/c1-13-9-10-14(2)19(15(13)3)25-12-18(22)21-11-16-7-6-8-17(23-4)20(16)24-5/h6-10H,11-12H2,1-5H3,(H,21,22). The van der Waals surface area contributed by atoms with Crippen LogP contribution < -0.4 is 19.5 Å². The van der Waals surface area contributed by atoms with Crippen molar-refractivity contribution in [1.82, 2.24) is 5.32 Å². The largest absolute Gasteiger partial charge is 0.493 e. The molecule has 0 heterocycles. The number of para-hydroxylation sites is 1. The molecule has 2 rings (SSSR count). The Kier molecular flexibility index (Phi) is 6.28. The summed E-state index contributed by atoms with van der Waals surface area (Å²) in [5.74, 6) is 1.84. The number of nitrogens with one attached hydrogen (secondary N) is 1. The Labute approximate surface area is 148 Å². The number of benzene rings is 2. The molecule has 1 N–H and O–H groups in total. The Bertz CT molecular complexity index is 756. The Balaban J connectivity index is 1.97. The SMILES string of the molecule is COc1cccc(CNC(=O)COc2c(C)ccc(C)c2C)c1OC. The minimum absolute atomic E-state index is 0.0303. The fourth-order valence-corrected chi connectivity index (χ4v) is 2.62. The summed E-state index contributed by atoms with van der Waals surface area (Å²) in [6, 6.07) is 9.61. The number of hydrogen-bond donors (Lipinski definition) is 1. The van der Waals surface area contributed by atoms with E-state index in [-0.39, 0.29) is 12.5 Å². The summed E-state index contributed by atoms with van der Waals surface area (Å²) in [5.41, 5.74) is 4.06. The summed E-state index contributed by atoms with van der Waals surface area (Å²) >= 11 is 0. The molecule has 0 aliphatic rings. The Morgan fingerprint density at radius 3 is 2.36 bits per heavy atom. The monoisotopic (exact) mass is 343 g/mol. The summed E-state index contributed by atoms with van der Waals surface area (Å²) in [6.07, 6.45) is 0. The average molecular weight is 343 g/mol. The second-order valence-electron chi connectivity index (χ2n) is 5.87. The fourth-order valence-electron chi connectivity index (χ4n) is 2.62. The molecule has 5 heteroatoms. The molecule has 5 nitrogen and oxygen atoms in total. The summed E-state index contributed by atoms with van der Waals surface area (Å²) in [6.45, 7) is 6.31. The number of aryl methyl sites for hydroxylation is 2. The molecule has 0 radical (unpaired) electrons. The van der Waals surface area contributed by atoms with Crippen LogP contribution in [0.5, 0.6) is 17.2 Å². The first-order valence-electron chi connectivity index (χ1n) is 8.14. The van der Waals surface area contributed by atoms with Crippen molar-refractivity contribution in [2.24, 2.45) is 0 Å². The summed E-state index contributed by atoms with van der Waals surface area (Å²) in [7, 11) is 3.16. The van der Waals surface area contributed by atoms with Crippen LogP contribution >= 0.6 is 0 Å². The van der Waals surface area contributed by atoms with Crippen molar-refractivity contribution >= 4 is 5.91 Å². The zero-order chi connectivity index (χ0) is 18.4.